The number of ether oxygens (including phenoxy) is 2. The third kappa shape index (κ3) is 6.89. The molecule has 2 aromatic carbocycles. The number of nitrogens with zero attached hydrogens (tertiary/aromatic N) is 1. The second-order valence-electron chi connectivity index (χ2n) is 6.79. The first-order valence-corrected chi connectivity index (χ1v) is 9.97. The van der Waals surface area contributed by atoms with E-state index >= 15 is 0 Å². The van der Waals surface area contributed by atoms with Crippen LogP contribution < -0.4 is 14.8 Å². The summed E-state index contributed by atoms with van der Waals surface area (Å²) in [6, 6.07) is 13.6. The highest BCUT2D eigenvalue weighted by Crippen LogP contribution is 2.24. The fourth-order valence-corrected chi connectivity index (χ4v) is 2.95. The molecule has 5 nitrogen and oxygen atoms in total. The molecule has 0 aliphatic rings. The second kappa shape index (κ2) is 11.3. The van der Waals surface area contributed by atoms with Crippen LogP contribution >= 0.6 is 0 Å². The van der Waals surface area contributed by atoms with Crippen LogP contribution in [-0.2, 0) is 4.79 Å². The zero-order valence-electron chi connectivity index (χ0n) is 17.5. The maximum atomic E-state index is 12.3. The maximum absolute atomic E-state index is 12.3. The van der Waals surface area contributed by atoms with E-state index in [9.17, 15) is 4.79 Å². The van der Waals surface area contributed by atoms with E-state index in [1.165, 1.54) is 5.56 Å². The van der Waals surface area contributed by atoms with Gasteiger partial charge in [-0.25, -0.2) is 0 Å². The highest BCUT2D eigenvalue weighted by molar-refractivity contribution is 5.92. The Morgan fingerprint density at radius 3 is 2.39 bits per heavy atom. The van der Waals surface area contributed by atoms with E-state index in [1.807, 2.05) is 50.2 Å². The van der Waals surface area contributed by atoms with Gasteiger partial charge in [-0.1, -0.05) is 43.7 Å². The lowest BCUT2D eigenvalue weighted by Crippen LogP contribution is -2.28. The summed E-state index contributed by atoms with van der Waals surface area (Å²) in [6.45, 7) is 12.1. The van der Waals surface area contributed by atoms with Crippen LogP contribution in [0.5, 0.6) is 11.5 Å². The minimum Gasteiger partial charge on any atom is -0.493 e. The van der Waals surface area contributed by atoms with Gasteiger partial charge in [-0.15, -0.1) is 0 Å². The van der Waals surface area contributed by atoms with Crippen molar-refractivity contribution in [3.63, 3.8) is 0 Å². The number of carbonyl (C=O) groups excluding carboxylic acids is 1. The molecule has 28 heavy (non-hydrogen) atoms. The van der Waals surface area contributed by atoms with Crippen LogP contribution in [0.3, 0.4) is 0 Å². The molecule has 0 heterocycles. The highest BCUT2D eigenvalue weighted by atomic mass is 16.5. The maximum Gasteiger partial charge on any atom is 0.227 e. The van der Waals surface area contributed by atoms with Gasteiger partial charge in [0.05, 0.1) is 18.7 Å². The van der Waals surface area contributed by atoms with Crippen LogP contribution in [0.1, 0.15) is 31.4 Å². The van der Waals surface area contributed by atoms with Gasteiger partial charge in [0.1, 0.15) is 18.1 Å². The van der Waals surface area contributed by atoms with Crippen LogP contribution in [-0.4, -0.2) is 43.7 Å². The molecule has 0 aliphatic heterocycles. The molecule has 5 heteroatoms. The van der Waals surface area contributed by atoms with Gasteiger partial charge in [0.15, 0.2) is 0 Å². The number of carbonyl (C=O) groups is 1. The highest BCUT2D eigenvalue weighted by Gasteiger charge is 2.09. The molecule has 1 amide bonds. The summed E-state index contributed by atoms with van der Waals surface area (Å²) in [7, 11) is 0. The van der Waals surface area contributed by atoms with Crippen molar-refractivity contribution in [3.8, 4) is 11.5 Å². The predicted molar refractivity (Wildman–Crippen MR) is 114 cm³/mol. The smallest absolute Gasteiger partial charge is 0.227 e. The summed E-state index contributed by atoms with van der Waals surface area (Å²) < 4.78 is 11.6. The summed E-state index contributed by atoms with van der Waals surface area (Å²) in [5, 5.41) is 2.93. The molecular weight excluding hydrogens is 352 g/mol. The molecule has 0 fully saturated rings. The predicted octanol–water partition coefficient (Wildman–Crippen LogP) is 4.43. The summed E-state index contributed by atoms with van der Waals surface area (Å²) in [5.74, 6) is 1.42. The Morgan fingerprint density at radius 2 is 1.68 bits per heavy atom. The first kappa shape index (κ1) is 21.8. The Hall–Kier alpha value is -2.53. The quantitative estimate of drug-likeness (QED) is 0.623. The molecule has 152 valence electrons. The first-order chi connectivity index (χ1) is 13.5. The van der Waals surface area contributed by atoms with E-state index in [0.29, 0.717) is 24.7 Å². The van der Waals surface area contributed by atoms with Crippen LogP contribution in [0.15, 0.2) is 42.5 Å². The number of benzene rings is 2. The number of aryl methyl sites for hydroxylation is 2. The van der Waals surface area contributed by atoms with E-state index in [0.717, 1.165) is 30.9 Å². The van der Waals surface area contributed by atoms with Gasteiger partial charge in [-0.05, 0) is 50.7 Å². The largest absolute Gasteiger partial charge is 0.493 e. The van der Waals surface area contributed by atoms with E-state index < -0.39 is 0 Å². The Kier molecular flexibility index (Phi) is 8.82. The van der Waals surface area contributed by atoms with Crippen molar-refractivity contribution < 1.29 is 14.3 Å². The number of para-hydroxylation sites is 2. The molecule has 0 aliphatic carbocycles. The van der Waals surface area contributed by atoms with Crippen molar-refractivity contribution in [2.75, 3.05) is 38.2 Å². The summed E-state index contributed by atoms with van der Waals surface area (Å²) >= 11 is 0. The molecule has 1 N–H and O–H groups in total. The molecule has 0 saturated carbocycles. The van der Waals surface area contributed by atoms with Gasteiger partial charge in [0.25, 0.3) is 0 Å². The minimum absolute atomic E-state index is 0.0930. The minimum atomic E-state index is -0.0930. The van der Waals surface area contributed by atoms with Gasteiger partial charge >= 0.3 is 0 Å². The lowest BCUT2D eigenvalue weighted by atomic mass is 10.1. The van der Waals surface area contributed by atoms with Crippen LogP contribution in [0, 0.1) is 13.8 Å². The molecule has 0 radical (unpaired) electrons. The molecule has 0 atom stereocenters. The Bertz CT molecular complexity index is 757. The van der Waals surface area contributed by atoms with Crippen molar-refractivity contribution in [3.05, 3.63) is 53.6 Å². The molecule has 2 rings (SSSR count). The average molecular weight is 385 g/mol. The molecule has 0 aromatic heterocycles. The van der Waals surface area contributed by atoms with Crippen molar-refractivity contribution in [2.45, 2.75) is 34.1 Å². The number of anilines is 1. The first-order valence-electron chi connectivity index (χ1n) is 9.97. The normalized spacial score (nSPS) is 10.8. The van der Waals surface area contributed by atoms with Crippen molar-refractivity contribution in [2.24, 2.45) is 0 Å². The molecule has 0 saturated heterocycles. The van der Waals surface area contributed by atoms with Gasteiger partial charge in [0.2, 0.25) is 5.91 Å². The molecule has 0 unspecified atom stereocenters. The van der Waals surface area contributed by atoms with E-state index in [-0.39, 0.29) is 12.3 Å². The molecule has 0 bridgehead atoms. The fourth-order valence-electron chi connectivity index (χ4n) is 2.95. The topological polar surface area (TPSA) is 50.8 Å². The van der Waals surface area contributed by atoms with E-state index in [4.69, 9.17) is 9.47 Å². The SMILES string of the molecule is CCN(CC)CCOc1ccccc1NC(=O)CCOc1ccc(C)cc1C. The van der Waals surface area contributed by atoms with Crippen LogP contribution in [0.4, 0.5) is 5.69 Å². The van der Waals surface area contributed by atoms with Gasteiger partial charge in [-0.2, -0.15) is 0 Å². The van der Waals surface area contributed by atoms with Gasteiger partial charge in [-0.3, -0.25) is 4.79 Å². The fraction of sp³-hybridized carbons (Fsp3) is 0.435. The van der Waals surface area contributed by atoms with Crippen molar-refractivity contribution >= 4 is 11.6 Å². The molecule has 0 spiro atoms. The Morgan fingerprint density at radius 1 is 0.964 bits per heavy atom. The second-order valence-corrected chi connectivity index (χ2v) is 6.79. The third-order valence-electron chi connectivity index (χ3n) is 4.64. The number of nitrogens with one attached hydrogen (secondary N) is 1. The number of likely N-dealkylation sites (N-methyl/N-ethyl adjacent to an activating group) is 1. The number of hydrogen-bond acceptors (Lipinski definition) is 4. The zero-order chi connectivity index (χ0) is 20.4. The number of amides is 1. The van der Waals surface area contributed by atoms with Crippen LogP contribution in [0.25, 0.3) is 0 Å². The monoisotopic (exact) mass is 384 g/mol. The van der Waals surface area contributed by atoms with Crippen molar-refractivity contribution in [1.29, 1.82) is 0 Å². The lowest BCUT2D eigenvalue weighted by Gasteiger charge is -2.19. The molecule has 2 aromatic rings. The average Bonchev–Trinajstić information content (AvgIpc) is 2.68. The third-order valence-corrected chi connectivity index (χ3v) is 4.64. The van der Waals surface area contributed by atoms with Crippen LogP contribution in [0.2, 0.25) is 0 Å². The van der Waals surface area contributed by atoms with E-state index in [1.54, 1.807) is 0 Å². The van der Waals surface area contributed by atoms with Gasteiger partial charge < -0.3 is 19.7 Å². The Labute approximate surface area is 168 Å². The Balaban J connectivity index is 1.82. The van der Waals surface area contributed by atoms with Gasteiger partial charge in [0, 0.05) is 6.54 Å². The number of hydrogen-bond donors (Lipinski definition) is 1. The van der Waals surface area contributed by atoms with E-state index in [2.05, 4.69) is 30.1 Å². The summed E-state index contributed by atoms with van der Waals surface area (Å²) in [5.41, 5.74) is 2.96. The summed E-state index contributed by atoms with van der Waals surface area (Å²) in [6.07, 6.45) is 0.279. The lowest BCUT2D eigenvalue weighted by molar-refractivity contribution is -0.116. The van der Waals surface area contributed by atoms with Crippen molar-refractivity contribution in [1.82, 2.24) is 4.90 Å². The molecular formula is C23H32N2O3. The standard InChI is InChI=1S/C23H32N2O3/c1-5-25(6-2)14-16-28-22-10-8-7-9-20(22)24-23(26)13-15-27-21-12-11-18(3)17-19(21)4/h7-12,17H,5-6,13-16H2,1-4H3,(H,24,26). The summed E-state index contributed by atoms with van der Waals surface area (Å²) in [4.78, 5) is 14.6. The zero-order valence-corrected chi connectivity index (χ0v) is 17.5. The number of rotatable bonds is 11.